The number of amides is 1. The Labute approximate surface area is 187 Å². The third kappa shape index (κ3) is 4.06. The fourth-order valence-electron chi connectivity index (χ4n) is 3.94. The number of nitrogens with one attached hydrogen (secondary N) is 2. The second kappa shape index (κ2) is 8.18. The SMILES string of the molecule is CCCc1ccc2c(c1)C(NC(=O)c1ccc(C(F)(F)F)[nH]c1=O)c1ccccc1S2(=O)=O. The van der Waals surface area contributed by atoms with Crippen molar-refractivity contribution in [2.24, 2.45) is 0 Å². The maximum atomic E-state index is 13.2. The summed E-state index contributed by atoms with van der Waals surface area (Å²) in [4.78, 5) is 26.8. The zero-order valence-electron chi connectivity index (χ0n) is 17.4. The zero-order valence-corrected chi connectivity index (χ0v) is 18.2. The molecule has 172 valence electrons. The smallest absolute Gasteiger partial charge is 0.341 e. The lowest BCUT2D eigenvalue weighted by atomic mass is 9.95. The number of halogens is 3. The molecular formula is C23H19F3N2O4S. The number of carbonyl (C=O) groups excluding carboxylic acids is 1. The molecule has 33 heavy (non-hydrogen) atoms. The summed E-state index contributed by atoms with van der Waals surface area (Å²) in [7, 11) is -3.84. The monoisotopic (exact) mass is 476 g/mol. The summed E-state index contributed by atoms with van der Waals surface area (Å²) in [6.45, 7) is 1.97. The van der Waals surface area contributed by atoms with Gasteiger partial charge in [0.25, 0.3) is 11.5 Å². The lowest BCUT2D eigenvalue weighted by Crippen LogP contribution is -2.36. The predicted molar refractivity (Wildman–Crippen MR) is 114 cm³/mol. The highest BCUT2D eigenvalue weighted by Crippen LogP contribution is 2.41. The van der Waals surface area contributed by atoms with Crippen molar-refractivity contribution in [1.82, 2.24) is 10.3 Å². The normalized spacial score (nSPS) is 16.5. The number of benzene rings is 2. The molecule has 2 aromatic carbocycles. The summed E-state index contributed by atoms with van der Waals surface area (Å²) < 4.78 is 64.9. The van der Waals surface area contributed by atoms with Gasteiger partial charge in [0.05, 0.1) is 15.8 Å². The van der Waals surface area contributed by atoms with Gasteiger partial charge in [0.1, 0.15) is 11.3 Å². The first-order chi connectivity index (χ1) is 15.5. The van der Waals surface area contributed by atoms with E-state index in [-0.39, 0.29) is 9.79 Å². The van der Waals surface area contributed by atoms with Crippen LogP contribution in [0.15, 0.2) is 69.2 Å². The van der Waals surface area contributed by atoms with E-state index >= 15 is 0 Å². The van der Waals surface area contributed by atoms with Gasteiger partial charge in [0.15, 0.2) is 0 Å². The molecule has 0 radical (unpaired) electrons. The third-order valence-electron chi connectivity index (χ3n) is 5.47. The van der Waals surface area contributed by atoms with Crippen LogP contribution in [0.4, 0.5) is 13.2 Å². The van der Waals surface area contributed by atoms with Crippen LogP contribution >= 0.6 is 0 Å². The molecule has 1 aromatic heterocycles. The maximum Gasteiger partial charge on any atom is 0.431 e. The average Bonchev–Trinajstić information content (AvgIpc) is 2.76. The van der Waals surface area contributed by atoms with Gasteiger partial charge in [-0.3, -0.25) is 9.59 Å². The molecule has 1 atom stereocenters. The van der Waals surface area contributed by atoms with Gasteiger partial charge < -0.3 is 10.3 Å². The summed E-state index contributed by atoms with van der Waals surface area (Å²) in [5.41, 5.74) is -1.45. The fraction of sp³-hybridized carbons (Fsp3) is 0.217. The second-order valence-electron chi connectivity index (χ2n) is 7.68. The largest absolute Gasteiger partial charge is 0.431 e. The summed E-state index contributed by atoms with van der Waals surface area (Å²) in [6.07, 6.45) is -3.26. The number of pyridine rings is 1. The van der Waals surface area contributed by atoms with Crippen LogP contribution in [-0.2, 0) is 22.4 Å². The van der Waals surface area contributed by atoms with Crippen molar-refractivity contribution in [3.05, 3.63) is 92.9 Å². The lowest BCUT2D eigenvalue weighted by molar-refractivity contribution is -0.141. The summed E-state index contributed by atoms with van der Waals surface area (Å²) in [6, 6.07) is 11.6. The van der Waals surface area contributed by atoms with Gasteiger partial charge in [-0.2, -0.15) is 13.2 Å². The van der Waals surface area contributed by atoms with E-state index in [1.165, 1.54) is 12.1 Å². The van der Waals surface area contributed by atoms with Crippen molar-refractivity contribution >= 4 is 15.7 Å². The molecule has 1 aliphatic heterocycles. The summed E-state index contributed by atoms with van der Waals surface area (Å²) in [5.74, 6) is -0.920. The van der Waals surface area contributed by atoms with Crippen molar-refractivity contribution in [2.75, 3.05) is 0 Å². The molecule has 1 unspecified atom stereocenters. The highest BCUT2D eigenvalue weighted by molar-refractivity contribution is 7.91. The van der Waals surface area contributed by atoms with E-state index in [1.54, 1.807) is 35.3 Å². The minimum absolute atomic E-state index is 0.0207. The first-order valence-corrected chi connectivity index (χ1v) is 11.6. The maximum absolute atomic E-state index is 13.2. The van der Waals surface area contributed by atoms with E-state index in [2.05, 4.69) is 5.32 Å². The third-order valence-corrected chi connectivity index (χ3v) is 7.37. The molecule has 0 aliphatic carbocycles. The Kier molecular flexibility index (Phi) is 5.65. The number of sulfone groups is 1. The number of carbonyl (C=O) groups is 1. The molecule has 6 nitrogen and oxygen atoms in total. The molecular weight excluding hydrogens is 457 g/mol. The standard InChI is InChI=1S/C23H19F3N2O4S/c1-2-5-13-8-10-18-16(12-13)20(14-6-3-4-7-17(14)33(18,31)32)28-22(30)15-9-11-19(23(24,25)26)27-21(15)29/h3-4,6-12,20H,2,5H2,1H3,(H,27,29)(H,28,30). The molecule has 0 saturated carbocycles. The lowest BCUT2D eigenvalue weighted by Gasteiger charge is -2.29. The predicted octanol–water partition coefficient (Wildman–Crippen LogP) is 4.01. The van der Waals surface area contributed by atoms with Gasteiger partial charge >= 0.3 is 6.18 Å². The molecule has 3 aromatic rings. The van der Waals surface area contributed by atoms with Crippen molar-refractivity contribution in [3.63, 3.8) is 0 Å². The van der Waals surface area contributed by atoms with Crippen LogP contribution < -0.4 is 10.9 Å². The number of aryl methyl sites for hydroxylation is 1. The minimum Gasteiger partial charge on any atom is -0.341 e. The highest BCUT2D eigenvalue weighted by Gasteiger charge is 2.37. The number of hydrogen-bond donors (Lipinski definition) is 2. The highest BCUT2D eigenvalue weighted by atomic mass is 32.2. The topological polar surface area (TPSA) is 96.1 Å². The van der Waals surface area contributed by atoms with Crippen LogP contribution in [0.2, 0.25) is 0 Å². The number of rotatable bonds is 4. The Bertz CT molecular complexity index is 1410. The van der Waals surface area contributed by atoms with E-state index in [1.807, 2.05) is 6.92 Å². The van der Waals surface area contributed by atoms with E-state index in [0.29, 0.717) is 23.6 Å². The summed E-state index contributed by atoms with van der Waals surface area (Å²) >= 11 is 0. The Morgan fingerprint density at radius 2 is 1.73 bits per heavy atom. The van der Waals surface area contributed by atoms with Gasteiger partial charge in [-0.15, -0.1) is 0 Å². The van der Waals surface area contributed by atoms with E-state index in [9.17, 15) is 31.2 Å². The second-order valence-corrected chi connectivity index (χ2v) is 9.57. The van der Waals surface area contributed by atoms with Gasteiger partial charge in [-0.05, 0) is 47.4 Å². The number of fused-ring (bicyclic) bond motifs is 2. The molecule has 2 N–H and O–H groups in total. The van der Waals surface area contributed by atoms with Crippen LogP contribution in [0.3, 0.4) is 0 Å². The average molecular weight is 476 g/mol. The van der Waals surface area contributed by atoms with E-state index < -0.39 is 44.8 Å². The number of H-pyrrole nitrogens is 1. The zero-order chi connectivity index (χ0) is 24.0. The Balaban J connectivity index is 1.81. The van der Waals surface area contributed by atoms with E-state index in [4.69, 9.17) is 0 Å². The van der Waals surface area contributed by atoms with Crippen LogP contribution in [-0.4, -0.2) is 19.3 Å². The molecule has 10 heteroatoms. The van der Waals surface area contributed by atoms with Gasteiger partial charge in [0, 0.05) is 0 Å². The fourth-order valence-corrected chi connectivity index (χ4v) is 5.67. The quantitative estimate of drug-likeness (QED) is 0.595. The number of aromatic nitrogens is 1. The van der Waals surface area contributed by atoms with Crippen molar-refractivity contribution in [2.45, 2.75) is 41.8 Å². The molecule has 0 saturated heterocycles. The van der Waals surface area contributed by atoms with Crippen LogP contribution in [0.5, 0.6) is 0 Å². The molecule has 1 aliphatic rings. The first kappa shape index (κ1) is 22.8. The van der Waals surface area contributed by atoms with Crippen LogP contribution in [0.25, 0.3) is 0 Å². The molecule has 2 heterocycles. The van der Waals surface area contributed by atoms with Crippen molar-refractivity contribution < 1.29 is 26.4 Å². The van der Waals surface area contributed by atoms with Gasteiger partial charge in [-0.1, -0.05) is 43.7 Å². The number of aromatic amines is 1. The van der Waals surface area contributed by atoms with Crippen LogP contribution in [0.1, 0.15) is 52.1 Å². The molecule has 0 bridgehead atoms. The van der Waals surface area contributed by atoms with E-state index in [0.717, 1.165) is 18.1 Å². The Morgan fingerprint density at radius 3 is 2.39 bits per heavy atom. The Morgan fingerprint density at radius 1 is 1.03 bits per heavy atom. The van der Waals surface area contributed by atoms with Gasteiger partial charge in [0.2, 0.25) is 9.84 Å². The van der Waals surface area contributed by atoms with Crippen molar-refractivity contribution in [1.29, 1.82) is 0 Å². The molecule has 1 amide bonds. The van der Waals surface area contributed by atoms with Crippen molar-refractivity contribution in [3.8, 4) is 0 Å². The summed E-state index contributed by atoms with van der Waals surface area (Å²) in [5, 5.41) is 2.65. The molecule has 4 rings (SSSR count). The molecule has 0 fully saturated rings. The number of alkyl halides is 3. The number of hydrogen-bond acceptors (Lipinski definition) is 4. The molecule has 0 spiro atoms. The minimum atomic E-state index is -4.76. The first-order valence-electron chi connectivity index (χ1n) is 10.1. The van der Waals surface area contributed by atoms with Gasteiger partial charge in [-0.25, -0.2) is 8.42 Å². The Hall–Kier alpha value is -3.40. The van der Waals surface area contributed by atoms with Crippen LogP contribution in [0, 0.1) is 0 Å².